The van der Waals surface area contributed by atoms with Crippen molar-refractivity contribution in [2.24, 2.45) is 5.92 Å². The van der Waals surface area contributed by atoms with Crippen LogP contribution in [0.3, 0.4) is 0 Å². The summed E-state index contributed by atoms with van der Waals surface area (Å²) in [5.41, 5.74) is -0.672. The molecule has 3 nitrogen and oxygen atoms in total. The minimum absolute atomic E-state index is 0.0121. The summed E-state index contributed by atoms with van der Waals surface area (Å²) < 4.78 is 0. The van der Waals surface area contributed by atoms with E-state index in [-0.39, 0.29) is 18.1 Å². The van der Waals surface area contributed by atoms with Crippen LogP contribution in [-0.4, -0.2) is 27.7 Å². The van der Waals surface area contributed by atoms with Gasteiger partial charge in [-0.3, -0.25) is 4.79 Å². The first-order chi connectivity index (χ1) is 5.84. The number of Topliss-reactive ketones (excluding diaryl/α,β-unsaturated/α-hetero) is 1. The summed E-state index contributed by atoms with van der Waals surface area (Å²) in [6, 6.07) is 0. The molecule has 0 amide bonds. The Kier molecular flexibility index (Phi) is 2.59. The maximum atomic E-state index is 11.5. The quantitative estimate of drug-likeness (QED) is 0.629. The van der Waals surface area contributed by atoms with Gasteiger partial charge in [-0.1, -0.05) is 13.8 Å². The Morgan fingerprint density at radius 2 is 2.15 bits per heavy atom. The van der Waals surface area contributed by atoms with Crippen molar-refractivity contribution in [1.29, 1.82) is 0 Å². The number of carbonyl (C=O) groups is 1. The number of hydrogen-bond acceptors (Lipinski definition) is 3. The Balaban J connectivity index is 2.97. The van der Waals surface area contributed by atoms with E-state index in [9.17, 15) is 15.0 Å². The predicted molar refractivity (Wildman–Crippen MR) is 49.2 cm³/mol. The van der Waals surface area contributed by atoms with Crippen LogP contribution >= 0.6 is 0 Å². The lowest BCUT2D eigenvalue weighted by Crippen LogP contribution is -2.44. The molecule has 0 bridgehead atoms. The minimum atomic E-state index is -1.30. The number of hydrogen-bond donors (Lipinski definition) is 2. The van der Waals surface area contributed by atoms with Gasteiger partial charge in [0.1, 0.15) is 6.10 Å². The zero-order valence-electron chi connectivity index (χ0n) is 8.24. The minimum Gasteiger partial charge on any atom is -0.387 e. The number of ketones is 1. The first-order valence-electron chi connectivity index (χ1n) is 4.50. The predicted octanol–water partition coefficient (Wildman–Crippen LogP) is 0.653. The Hall–Kier alpha value is -0.670. The summed E-state index contributed by atoms with van der Waals surface area (Å²) in [4.78, 5) is 11.5. The molecule has 0 aromatic rings. The highest BCUT2D eigenvalue weighted by molar-refractivity contribution is 5.97. The lowest BCUT2D eigenvalue weighted by molar-refractivity contribution is -0.126. The zero-order chi connectivity index (χ0) is 10.2. The van der Waals surface area contributed by atoms with E-state index >= 15 is 0 Å². The van der Waals surface area contributed by atoms with Crippen LogP contribution in [0, 0.1) is 5.92 Å². The first kappa shape index (κ1) is 10.4. The second-order valence-corrected chi connectivity index (χ2v) is 4.18. The lowest BCUT2D eigenvalue weighted by Gasteiger charge is -2.32. The van der Waals surface area contributed by atoms with Crippen molar-refractivity contribution >= 4 is 5.78 Å². The van der Waals surface area contributed by atoms with Crippen LogP contribution in [0.25, 0.3) is 0 Å². The van der Waals surface area contributed by atoms with Crippen LogP contribution in [0.1, 0.15) is 27.2 Å². The average Bonchev–Trinajstić information content (AvgIpc) is 1.95. The number of aliphatic hydroxyl groups excluding tert-OH is 1. The summed E-state index contributed by atoms with van der Waals surface area (Å²) in [6.45, 7) is 5.27. The fourth-order valence-corrected chi connectivity index (χ4v) is 1.49. The van der Waals surface area contributed by atoms with Crippen molar-refractivity contribution in [3.63, 3.8) is 0 Å². The SMILES string of the molecule is CC(C)C1=C[C@@H](O)C(C)(O)CC1=O. The number of aliphatic hydroxyl groups is 2. The third-order valence-corrected chi connectivity index (χ3v) is 2.44. The zero-order valence-corrected chi connectivity index (χ0v) is 8.24. The molecule has 0 heterocycles. The Morgan fingerprint density at radius 3 is 2.62 bits per heavy atom. The van der Waals surface area contributed by atoms with Crippen LogP contribution in [0.15, 0.2) is 11.6 Å². The third-order valence-electron chi connectivity index (χ3n) is 2.44. The summed E-state index contributed by atoms with van der Waals surface area (Å²) >= 11 is 0. The Bertz CT molecular complexity index is 251. The third kappa shape index (κ3) is 1.98. The van der Waals surface area contributed by atoms with E-state index in [2.05, 4.69) is 0 Å². The van der Waals surface area contributed by atoms with Crippen molar-refractivity contribution in [2.45, 2.75) is 38.9 Å². The molecule has 2 atom stereocenters. The van der Waals surface area contributed by atoms with Gasteiger partial charge in [0.2, 0.25) is 0 Å². The van der Waals surface area contributed by atoms with E-state index in [0.29, 0.717) is 5.57 Å². The molecule has 1 rings (SSSR count). The standard InChI is InChI=1S/C10H16O3/c1-6(2)7-4-9(12)10(3,13)5-8(7)11/h4,6,9,12-13H,5H2,1-3H3/t9-,10?/m1/s1. The van der Waals surface area contributed by atoms with Gasteiger partial charge in [-0.15, -0.1) is 0 Å². The summed E-state index contributed by atoms with van der Waals surface area (Å²) in [5, 5.41) is 19.1. The van der Waals surface area contributed by atoms with Crippen molar-refractivity contribution in [1.82, 2.24) is 0 Å². The smallest absolute Gasteiger partial charge is 0.161 e. The fourth-order valence-electron chi connectivity index (χ4n) is 1.49. The summed E-state index contributed by atoms with van der Waals surface area (Å²) in [5.74, 6) is 0.0450. The second-order valence-electron chi connectivity index (χ2n) is 4.18. The van der Waals surface area contributed by atoms with Gasteiger partial charge in [0.25, 0.3) is 0 Å². The molecule has 0 saturated carbocycles. The lowest BCUT2D eigenvalue weighted by atomic mass is 9.80. The van der Waals surface area contributed by atoms with Gasteiger partial charge in [-0.05, 0) is 24.5 Å². The molecule has 1 aliphatic rings. The highest BCUT2D eigenvalue weighted by Gasteiger charge is 2.37. The molecule has 0 aromatic heterocycles. The van der Waals surface area contributed by atoms with E-state index in [1.165, 1.54) is 13.0 Å². The Morgan fingerprint density at radius 1 is 1.62 bits per heavy atom. The molecule has 0 aliphatic heterocycles. The normalized spacial score (nSPS) is 35.1. The number of carbonyl (C=O) groups excluding carboxylic acids is 1. The van der Waals surface area contributed by atoms with Crippen LogP contribution in [0.2, 0.25) is 0 Å². The van der Waals surface area contributed by atoms with E-state index < -0.39 is 11.7 Å². The molecule has 74 valence electrons. The van der Waals surface area contributed by atoms with E-state index in [0.717, 1.165) is 0 Å². The molecule has 3 heteroatoms. The van der Waals surface area contributed by atoms with Gasteiger partial charge in [-0.25, -0.2) is 0 Å². The van der Waals surface area contributed by atoms with Gasteiger partial charge in [0.15, 0.2) is 5.78 Å². The van der Waals surface area contributed by atoms with Gasteiger partial charge in [0.05, 0.1) is 5.60 Å². The van der Waals surface area contributed by atoms with Gasteiger partial charge in [0, 0.05) is 6.42 Å². The van der Waals surface area contributed by atoms with Crippen molar-refractivity contribution < 1.29 is 15.0 Å². The van der Waals surface area contributed by atoms with Crippen LogP contribution < -0.4 is 0 Å². The maximum absolute atomic E-state index is 11.5. The molecule has 0 aromatic carbocycles. The van der Waals surface area contributed by atoms with Crippen LogP contribution in [0.5, 0.6) is 0 Å². The second kappa shape index (κ2) is 3.24. The summed E-state index contributed by atoms with van der Waals surface area (Å²) in [7, 11) is 0. The molecule has 0 saturated heterocycles. The molecule has 1 unspecified atom stereocenters. The van der Waals surface area contributed by atoms with Gasteiger partial charge >= 0.3 is 0 Å². The molecular formula is C10H16O3. The monoisotopic (exact) mass is 184 g/mol. The van der Waals surface area contributed by atoms with E-state index in [1.807, 2.05) is 13.8 Å². The molecule has 0 fully saturated rings. The Labute approximate surface area is 78.1 Å². The van der Waals surface area contributed by atoms with Crippen molar-refractivity contribution in [2.75, 3.05) is 0 Å². The van der Waals surface area contributed by atoms with E-state index in [4.69, 9.17) is 0 Å². The van der Waals surface area contributed by atoms with Crippen LogP contribution in [-0.2, 0) is 4.79 Å². The van der Waals surface area contributed by atoms with E-state index in [1.54, 1.807) is 0 Å². The first-order valence-corrected chi connectivity index (χ1v) is 4.50. The largest absolute Gasteiger partial charge is 0.387 e. The average molecular weight is 184 g/mol. The summed E-state index contributed by atoms with van der Waals surface area (Å²) in [6.07, 6.45) is 0.553. The topological polar surface area (TPSA) is 57.5 Å². The highest BCUT2D eigenvalue weighted by atomic mass is 16.3. The number of rotatable bonds is 1. The van der Waals surface area contributed by atoms with Crippen LogP contribution in [0.4, 0.5) is 0 Å². The molecule has 13 heavy (non-hydrogen) atoms. The molecule has 2 N–H and O–H groups in total. The fraction of sp³-hybridized carbons (Fsp3) is 0.700. The maximum Gasteiger partial charge on any atom is 0.161 e. The molecule has 1 aliphatic carbocycles. The molecule has 0 spiro atoms. The van der Waals surface area contributed by atoms with Crippen molar-refractivity contribution in [3.8, 4) is 0 Å². The van der Waals surface area contributed by atoms with Crippen molar-refractivity contribution in [3.05, 3.63) is 11.6 Å². The molecule has 0 radical (unpaired) electrons. The molecular weight excluding hydrogens is 168 g/mol. The van der Waals surface area contributed by atoms with Gasteiger partial charge < -0.3 is 10.2 Å². The number of allylic oxidation sites excluding steroid dienone is 1. The van der Waals surface area contributed by atoms with Gasteiger partial charge in [-0.2, -0.15) is 0 Å². The highest BCUT2D eigenvalue weighted by Crippen LogP contribution is 2.28.